The second kappa shape index (κ2) is 11.2. The van der Waals surface area contributed by atoms with Gasteiger partial charge in [0.2, 0.25) is 0 Å². The molecule has 1 saturated carbocycles. The molecule has 1 aliphatic carbocycles. The van der Waals surface area contributed by atoms with Crippen molar-refractivity contribution in [1.82, 2.24) is 4.72 Å². The van der Waals surface area contributed by atoms with Crippen LogP contribution in [0.25, 0.3) is 0 Å². The van der Waals surface area contributed by atoms with E-state index < -0.39 is 21.5 Å². The molecule has 0 saturated heterocycles. The van der Waals surface area contributed by atoms with Crippen LogP contribution in [0.3, 0.4) is 0 Å². The number of benzene rings is 1. The molecule has 2 atom stereocenters. The summed E-state index contributed by atoms with van der Waals surface area (Å²) in [5.74, 6) is -1.32. The van der Waals surface area contributed by atoms with Gasteiger partial charge >= 0.3 is 5.97 Å². The number of anilines is 1. The zero-order valence-corrected chi connectivity index (χ0v) is 18.3. The number of sulfonamides is 1. The number of rotatable bonds is 14. The maximum Gasteiger partial charge on any atom is 0.307 e. The predicted octanol–water partition coefficient (Wildman–Crippen LogP) is 0.403. The van der Waals surface area contributed by atoms with Crippen molar-refractivity contribution >= 4 is 27.6 Å². The second-order valence-electron chi connectivity index (χ2n) is 7.00. The quantitative estimate of drug-likeness (QED) is 0.206. The molecule has 1 aromatic rings. The Morgan fingerprint density at radius 2 is 1.90 bits per heavy atom. The second-order valence-corrected chi connectivity index (χ2v) is 8.65. The summed E-state index contributed by atoms with van der Waals surface area (Å²) in [7, 11) is -2.79. The molecule has 0 heterocycles. The predicted molar refractivity (Wildman–Crippen MR) is 114 cm³/mol. The van der Waals surface area contributed by atoms with Crippen LogP contribution in [0.2, 0.25) is 0 Å². The van der Waals surface area contributed by atoms with Gasteiger partial charge in [-0.1, -0.05) is 18.2 Å². The van der Waals surface area contributed by atoms with Gasteiger partial charge in [0.15, 0.2) is 0 Å². The van der Waals surface area contributed by atoms with Gasteiger partial charge < -0.3 is 25.3 Å². The highest BCUT2D eigenvalue weighted by molar-refractivity contribution is 7.90. The lowest BCUT2D eigenvalue weighted by atomic mass is 10.2. The molecule has 1 aromatic carbocycles. The van der Waals surface area contributed by atoms with E-state index >= 15 is 0 Å². The average Bonchev–Trinajstić information content (AvgIpc) is 3.44. The lowest BCUT2D eigenvalue weighted by Crippen LogP contribution is -2.46. The van der Waals surface area contributed by atoms with Gasteiger partial charge in [-0.3, -0.25) is 9.59 Å². The summed E-state index contributed by atoms with van der Waals surface area (Å²) >= 11 is 0. The summed E-state index contributed by atoms with van der Waals surface area (Å²) < 4.78 is 42.6. The highest BCUT2D eigenvalue weighted by Crippen LogP contribution is 2.42. The Bertz CT molecular complexity index is 891. The topological polar surface area (TPSA) is 146 Å². The highest BCUT2D eigenvalue weighted by Gasteiger charge is 2.56. The van der Waals surface area contributed by atoms with Crippen LogP contribution < -0.4 is 15.8 Å². The first kappa shape index (κ1) is 24.8. The molecule has 10 nitrogen and oxygen atoms in total. The molecule has 11 heteroatoms. The summed E-state index contributed by atoms with van der Waals surface area (Å²) in [4.78, 5) is 23.2. The minimum atomic E-state index is -4.11. The zero-order valence-electron chi connectivity index (χ0n) is 17.5. The number of hydrogen-bond acceptors (Lipinski definition) is 9. The van der Waals surface area contributed by atoms with E-state index in [0.717, 1.165) is 0 Å². The standard InChI is InChI=1S/C20H29N3O7S/c1-3-15-14-20(15,21)19(25)23-31(26,27)17-7-5-4-6-16(17)22-9-11-30-13-12-29-10-8-18(24)28-2/h3-7,15,22H,1,8-14,21H2,2H3,(H,23,25)/t15-,20-/m1/s1. The van der Waals surface area contributed by atoms with Crippen molar-refractivity contribution in [2.45, 2.75) is 23.3 Å². The van der Waals surface area contributed by atoms with Gasteiger partial charge in [-0.15, -0.1) is 6.58 Å². The van der Waals surface area contributed by atoms with E-state index in [4.69, 9.17) is 15.2 Å². The smallest absolute Gasteiger partial charge is 0.307 e. The maximum atomic E-state index is 12.7. The molecule has 1 aliphatic rings. The third kappa shape index (κ3) is 7.03. The van der Waals surface area contributed by atoms with Crippen LogP contribution in [-0.2, 0) is 33.8 Å². The molecule has 1 fully saturated rings. The van der Waals surface area contributed by atoms with Crippen molar-refractivity contribution in [2.24, 2.45) is 11.7 Å². The Kier molecular flexibility index (Phi) is 8.99. The van der Waals surface area contributed by atoms with Crippen LogP contribution in [0.4, 0.5) is 5.69 Å². The lowest BCUT2D eigenvalue weighted by molar-refractivity contribution is -0.142. The lowest BCUT2D eigenvalue weighted by Gasteiger charge is -2.15. The van der Waals surface area contributed by atoms with Crippen molar-refractivity contribution in [1.29, 1.82) is 0 Å². The Balaban J connectivity index is 1.78. The Labute approximate surface area is 182 Å². The first-order valence-electron chi connectivity index (χ1n) is 9.78. The number of carbonyl (C=O) groups excluding carboxylic acids is 2. The SMILES string of the molecule is C=C[C@@H]1C[C@]1(N)C(=O)NS(=O)(=O)c1ccccc1NCCOCCOCCC(=O)OC. The van der Waals surface area contributed by atoms with E-state index in [1.807, 2.05) is 0 Å². The number of carbonyl (C=O) groups is 2. The van der Waals surface area contributed by atoms with Crippen LogP contribution in [0.1, 0.15) is 12.8 Å². The molecule has 0 bridgehead atoms. The molecule has 1 amide bonds. The summed E-state index contributed by atoms with van der Waals surface area (Å²) in [5, 5.41) is 2.99. The number of esters is 1. The number of amides is 1. The molecule has 0 spiro atoms. The molecule has 0 aliphatic heterocycles. The van der Waals surface area contributed by atoms with Crippen molar-refractivity contribution in [2.75, 3.05) is 45.4 Å². The molecular formula is C20H29N3O7S. The number of hydrogen-bond donors (Lipinski definition) is 3. The summed E-state index contributed by atoms with van der Waals surface area (Å²) in [6.45, 7) is 5.12. The molecule has 0 unspecified atom stereocenters. The minimum absolute atomic E-state index is 0.0612. The molecule has 31 heavy (non-hydrogen) atoms. The normalized spacial score (nSPS) is 20.0. The van der Waals surface area contributed by atoms with Gasteiger partial charge in [0.05, 0.1) is 45.6 Å². The van der Waals surface area contributed by atoms with Crippen molar-refractivity contribution in [3.63, 3.8) is 0 Å². The van der Waals surface area contributed by atoms with Crippen LogP contribution in [-0.4, -0.2) is 65.9 Å². The largest absolute Gasteiger partial charge is 0.469 e. The Hall–Kier alpha value is -2.47. The van der Waals surface area contributed by atoms with Crippen LogP contribution in [0, 0.1) is 5.92 Å². The fourth-order valence-corrected chi connectivity index (χ4v) is 4.05. The van der Waals surface area contributed by atoms with Gasteiger partial charge in [-0.25, -0.2) is 13.1 Å². The van der Waals surface area contributed by atoms with Gasteiger partial charge in [-0.05, 0) is 18.6 Å². The number of para-hydroxylation sites is 1. The highest BCUT2D eigenvalue weighted by atomic mass is 32.2. The molecule has 0 aromatic heterocycles. The maximum absolute atomic E-state index is 12.7. The molecular weight excluding hydrogens is 426 g/mol. The van der Waals surface area contributed by atoms with Crippen LogP contribution in [0.5, 0.6) is 0 Å². The summed E-state index contributed by atoms with van der Waals surface area (Å²) in [6, 6.07) is 6.23. The van der Waals surface area contributed by atoms with E-state index in [0.29, 0.717) is 38.5 Å². The molecule has 172 valence electrons. The fraction of sp³-hybridized carbons (Fsp3) is 0.500. The monoisotopic (exact) mass is 455 g/mol. The fourth-order valence-electron chi connectivity index (χ4n) is 2.82. The summed E-state index contributed by atoms with van der Waals surface area (Å²) in [5.41, 5.74) is 5.04. The number of nitrogens with two attached hydrogens (primary N) is 1. The number of ether oxygens (including phenoxy) is 3. The Morgan fingerprint density at radius 1 is 1.23 bits per heavy atom. The number of nitrogens with one attached hydrogen (secondary N) is 2. The van der Waals surface area contributed by atoms with Gasteiger partial charge in [0, 0.05) is 12.5 Å². The van der Waals surface area contributed by atoms with E-state index in [-0.39, 0.29) is 29.8 Å². The van der Waals surface area contributed by atoms with E-state index in [2.05, 4.69) is 21.4 Å². The van der Waals surface area contributed by atoms with Gasteiger partial charge in [-0.2, -0.15) is 0 Å². The van der Waals surface area contributed by atoms with Gasteiger partial charge in [0.1, 0.15) is 10.4 Å². The van der Waals surface area contributed by atoms with Crippen LogP contribution >= 0.6 is 0 Å². The van der Waals surface area contributed by atoms with E-state index in [1.54, 1.807) is 24.3 Å². The first-order chi connectivity index (χ1) is 14.7. The summed E-state index contributed by atoms with van der Waals surface area (Å²) in [6.07, 6.45) is 2.09. The molecule has 0 radical (unpaired) electrons. The molecule has 4 N–H and O–H groups in total. The van der Waals surface area contributed by atoms with Crippen molar-refractivity contribution in [3.05, 3.63) is 36.9 Å². The third-order valence-corrected chi connectivity index (χ3v) is 6.17. The molecule has 2 rings (SSSR count). The van der Waals surface area contributed by atoms with E-state index in [1.165, 1.54) is 13.2 Å². The van der Waals surface area contributed by atoms with Crippen molar-refractivity contribution in [3.8, 4) is 0 Å². The Morgan fingerprint density at radius 3 is 2.55 bits per heavy atom. The minimum Gasteiger partial charge on any atom is -0.469 e. The third-order valence-electron chi connectivity index (χ3n) is 4.78. The van der Waals surface area contributed by atoms with Crippen molar-refractivity contribution < 1.29 is 32.2 Å². The van der Waals surface area contributed by atoms with E-state index in [9.17, 15) is 18.0 Å². The number of methoxy groups -OCH3 is 1. The van der Waals surface area contributed by atoms with Crippen LogP contribution in [0.15, 0.2) is 41.8 Å². The van der Waals surface area contributed by atoms with Gasteiger partial charge in [0.25, 0.3) is 15.9 Å². The average molecular weight is 456 g/mol. The zero-order chi connectivity index (χ0) is 22.9. The first-order valence-corrected chi connectivity index (χ1v) is 11.3.